The maximum Gasteiger partial charge on any atom is 0.109 e. The number of hydrogen-bond acceptors (Lipinski definition) is 4. The highest BCUT2D eigenvalue weighted by atomic mass is 31.2. The molecule has 0 aliphatic rings. The van der Waals surface area contributed by atoms with E-state index in [0.717, 1.165) is 38.5 Å². The van der Waals surface area contributed by atoms with Gasteiger partial charge < -0.3 is 19.2 Å². The first-order valence-corrected chi connectivity index (χ1v) is 35.3. The Morgan fingerprint density at radius 1 is 0.273 bits per heavy atom. The normalized spacial score (nSPS) is 11.5. The quantitative estimate of drug-likeness (QED) is 0.0957. The lowest BCUT2D eigenvalue weighted by molar-refractivity contribution is -0.432. The second-order valence-electron chi connectivity index (χ2n) is 19.3. The molecule has 0 aliphatic carbocycles. The number of rotatable bonds is 15. The highest BCUT2D eigenvalue weighted by molar-refractivity contribution is 7.96. The molecule has 0 amide bonds. The van der Waals surface area contributed by atoms with Gasteiger partial charge in [0, 0.05) is 0 Å². The smallest absolute Gasteiger partial charge is 0.109 e. The van der Waals surface area contributed by atoms with Crippen molar-refractivity contribution in [3.05, 3.63) is 270 Å². The van der Waals surface area contributed by atoms with Crippen molar-refractivity contribution in [1.29, 1.82) is 0 Å². The Bertz CT molecular complexity index is 2780. The lowest BCUT2D eigenvalue weighted by Gasteiger charge is -2.36. The van der Waals surface area contributed by atoms with Crippen LogP contribution in [0.5, 0.6) is 0 Å². The minimum atomic E-state index is -5.39. The van der Waals surface area contributed by atoms with Gasteiger partial charge in [-0.05, 0) is 163 Å². The van der Waals surface area contributed by atoms with Crippen molar-refractivity contribution in [2.45, 2.75) is 80.1 Å². The van der Waals surface area contributed by atoms with Crippen LogP contribution in [0.3, 0.4) is 0 Å². The maximum absolute atomic E-state index is 8.55. The third-order valence-electron chi connectivity index (χ3n) is 15.0. The monoisotopic (exact) mass is 1090 g/mol. The zero-order valence-electron chi connectivity index (χ0n) is 46.7. The van der Waals surface area contributed by atoms with Crippen LogP contribution in [-0.4, -0.2) is 20.0 Å². The van der Waals surface area contributed by atoms with Crippen molar-refractivity contribution in [1.82, 2.24) is 0 Å². The fourth-order valence-corrected chi connectivity index (χ4v) is 21.8. The van der Waals surface area contributed by atoms with Crippen LogP contribution in [0.25, 0.3) is 0 Å². The largest absolute Gasteiger partial charge is 0.822 e. The van der Waals surface area contributed by atoms with Gasteiger partial charge in [-0.2, -0.15) is 7.82 Å². The Kier molecular flexibility index (Phi) is 22.7. The van der Waals surface area contributed by atoms with Gasteiger partial charge in [-0.1, -0.05) is 187 Å². The average Bonchev–Trinajstić information content (AvgIpc) is 3.50. The van der Waals surface area contributed by atoms with Crippen LogP contribution < -0.4 is 62.4 Å². The van der Waals surface area contributed by atoms with Crippen LogP contribution in [0.1, 0.15) is 74.9 Å². The zero-order chi connectivity index (χ0) is 55.5. The fraction of sp³-hybridized carbons (Fsp3) is 0.217. The van der Waals surface area contributed by atoms with Gasteiger partial charge >= 0.3 is 0 Å². The van der Waals surface area contributed by atoms with Crippen molar-refractivity contribution in [3.63, 3.8) is 0 Å². The number of hydrogen-bond donors (Lipinski definition) is 0. The first-order chi connectivity index (χ1) is 37.1. The van der Waals surface area contributed by atoms with Crippen LogP contribution in [0, 0.1) is 0 Å². The Labute approximate surface area is 464 Å². The molecule has 0 bridgehead atoms. The predicted molar refractivity (Wildman–Crippen MR) is 337 cm³/mol. The lowest BCUT2D eigenvalue weighted by Crippen LogP contribution is -2.32. The third-order valence-corrected chi connectivity index (χ3v) is 27.2. The van der Waals surface area contributed by atoms with Crippen molar-refractivity contribution < 1.29 is 19.2 Å². The molecule has 398 valence electrons. The molecular formula is C69H78O4P4. The van der Waals surface area contributed by atoms with Crippen LogP contribution in [0.4, 0.5) is 0 Å². The highest BCUT2D eigenvalue weighted by Crippen LogP contribution is 2.55. The average molecular weight is 1100 g/mol. The summed E-state index contributed by atoms with van der Waals surface area (Å²) in [6.45, 7) is 21.1. The highest BCUT2D eigenvalue weighted by Gasteiger charge is 2.44. The van der Waals surface area contributed by atoms with E-state index >= 15 is 0 Å². The summed E-state index contributed by atoms with van der Waals surface area (Å²) in [5.74, 6) is 0. The Morgan fingerprint density at radius 2 is 0.442 bits per heavy atom. The molecule has 9 rings (SSSR count). The molecule has 0 unspecified atom stereocenters. The number of aryl methyl sites for hydroxylation is 3. The summed E-state index contributed by atoms with van der Waals surface area (Å²) in [4.78, 5) is 25.6. The van der Waals surface area contributed by atoms with Gasteiger partial charge in [-0.3, -0.25) is 0 Å². The van der Waals surface area contributed by atoms with E-state index in [1.165, 1.54) is 48.5 Å². The van der Waals surface area contributed by atoms with Crippen molar-refractivity contribution in [2.75, 3.05) is 20.0 Å². The molecule has 0 saturated carbocycles. The van der Waals surface area contributed by atoms with Crippen LogP contribution in [0.15, 0.2) is 237 Å². The minimum absolute atomic E-state index is 1.09. The molecule has 0 saturated heterocycles. The second kappa shape index (κ2) is 28.8. The SMILES string of the molecule is CCc1cccc([P+](C)(c2ccccc2)c2ccccc2)c1CC.CCc1cccc([P+](C)(c2ccccc2)c2ccccc2)c1CC.CCc1cccc([P+](C)(c2ccccc2)c2ccccc2)c1CC.O=P([O-])([O-])[O-]. The molecule has 4 nitrogen and oxygen atoms in total. The summed E-state index contributed by atoms with van der Waals surface area (Å²) in [5, 5.41) is 13.4. The van der Waals surface area contributed by atoms with Gasteiger partial charge in [-0.15, -0.1) is 0 Å². The number of phosphoric acid groups is 1. The van der Waals surface area contributed by atoms with Crippen LogP contribution >= 0.6 is 29.6 Å². The van der Waals surface area contributed by atoms with Gasteiger partial charge in [-0.25, -0.2) is 0 Å². The number of benzene rings is 9. The molecule has 0 N–H and O–H groups in total. The molecule has 0 fully saturated rings. The van der Waals surface area contributed by atoms with Gasteiger partial charge in [0.25, 0.3) is 0 Å². The van der Waals surface area contributed by atoms with E-state index in [2.05, 4.69) is 298 Å². The summed E-state index contributed by atoms with van der Waals surface area (Å²) < 4.78 is 8.55. The van der Waals surface area contributed by atoms with Crippen LogP contribution in [0.2, 0.25) is 0 Å². The molecule has 0 atom stereocenters. The molecule has 9 aromatic rings. The maximum atomic E-state index is 8.55. The van der Waals surface area contributed by atoms with Gasteiger partial charge in [0.15, 0.2) is 0 Å². The first kappa shape index (κ1) is 60.6. The summed E-state index contributed by atoms with van der Waals surface area (Å²) in [5.41, 5.74) is 9.12. The molecule has 77 heavy (non-hydrogen) atoms. The second-order valence-corrected chi connectivity index (χ2v) is 30.8. The standard InChI is InChI=1S/3C23H26P.H3O4P/c3*1-4-19-13-12-18-23(22(19)5-2)24(3,20-14-8-6-9-15-20)21-16-10-7-11-17-21;1-5(2,3)4/h3*6-18H,4-5H2,1-3H3;(H3,1,2,3,4)/q3*+1;/p-3. The predicted octanol–water partition coefficient (Wildman–Crippen LogP) is 11.4. The Morgan fingerprint density at radius 3 is 0.584 bits per heavy atom. The van der Waals surface area contributed by atoms with Crippen molar-refractivity contribution in [3.8, 4) is 0 Å². The molecule has 0 spiro atoms. The molecule has 0 aliphatic heterocycles. The van der Waals surface area contributed by atoms with Gasteiger partial charge in [0.1, 0.15) is 69.5 Å². The van der Waals surface area contributed by atoms with E-state index in [0.29, 0.717) is 0 Å². The zero-order valence-corrected chi connectivity index (χ0v) is 50.3. The topological polar surface area (TPSA) is 86.2 Å². The van der Waals surface area contributed by atoms with E-state index in [4.69, 9.17) is 19.2 Å². The molecule has 0 heterocycles. The lowest BCUT2D eigenvalue weighted by atomic mass is 10.0. The van der Waals surface area contributed by atoms with E-state index < -0.39 is 29.6 Å². The van der Waals surface area contributed by atoms with Crippen molar-refractivity contribution in [2.24, 2.45) is 0 Å². The Hall–Kier alpha value is -5.62. The minimum Gasteiger partial charge on any atom is -0.822 e. The van der Waals surface area contributed by atoms with E-state index in [-0.39, 0.29) is 0 Å². The van der Waals surface area contributed by atoms with E-state index in [9.17, 15) is 0 Å². The molecular weight excluding hydrogens is 1020 g/mol. The van der Waals surface area contributed by atoms with E-state index in [1.54, 1.807) is 32.6 Å². The summed E-state index contributed by atoms with van der Waals surface area (Å²) >= 11 is 0. The van der Waals surface area contributed by atoms with Crippen LogP contribution in [-0.2, 0) is 43.1 Å². The third kappa shape index (κ3) is 14.6. The molecule has 9 aromatic carbocycles. The van der Waals surface area contributed by atoms with Gasteiger partial charge in [0.05, 0.1) is 20.0 Å². The summed E-state index contributed by atoms with van der Waals surface area (Å²) in [7, 11) is -10.3. The summed E-state index contributed by atoms with van der Waals surface area (Å²) in [6.07, 6.45) is 6.57. The fourth-order valence-electron chi connectivity index (χ4n) is 11.0. The van der Waals surface area contributed by atoms with Crippen molar-refractivity contribution >= 4 is 77.4 Å². The Balaban J connectivity index is 0.000000179. The van der Waals surface area contributed by atoms with E-state index in [1.807, 2.05) is 0 Å². The first-order valence-electron chi connectivity index (χ1n) is 27.1. The summed E-state index contributed by atoms with van der Waals surface area (Å²) in [6, 6.07) is 87.1. The molecule has 0 aromatic heterocycles. The molecule has 0 radical (unpaired) electrons. The molecule has 8 heteroatoms. The van der Waals surface area contributed by atoms with Gasteiger partial charge in [0.2, 0.25) is 0 Å².